The molecule has 0 aromatic heterocycles. The monoisotopic (exact) mass is 344 g/mol. The van der Waals surface area contributed by atoms with Gasteiger partial charge in [-0.1, -0.05) is 49.4 Å². The minimum atomic E-state index is 0.697. The Balaban J connectivity index is 1.56. The first kappa shape index (κ1) is 17.8. The van der Waals surface area contributed by atoms with Crippen molar-refractivity contribution in [3.63, 3.8) is 0 Å². The number of hydrogen-bond donors (Lipinski definition) is 2. The van der Waals surface area contributed by atoms with Gasteiger partial charge in [-0.15, -0.1) is 0 Å². The molecule has 2 aromatic rings. The molecule has 0 atom stereocenters. The number of hydrogen-bond acceptors (Lipinski definition) is 2. The SMILES string of the molecule is CCc1ccc(NC(=S)NCCCSCc2ccccc2)cc1. The average molecular weight is 345 g/mol. The summed E-state index contributed by atoms with van der Waals surface area (Å²) in [6, 6.07) is 19.0. The van der Waals surface area contributed by atoms with Crippen LogP contribution in [0.3, 0.4) is 0 Å². The van der Waals surface area contributed by atoms with Crippen molar-refractivity contribution in [2.45, 2.75) is 25.5 Å². The van der Waals surface area contributed by atoms with Gasteiger partial charge in [-0.2, -0.15) is 11.8 Å². The first-order valence-corrected chi connectivity index (χ1v) is 9.59. The molecule has 23 heavy (non-hydrogen) atoms. The zero-order chi connectivity index (χ0) is 16.3. The zero-order valence-corrected chi connectivity index (χ0v) is 15.2. The van der Waals surface area contributed by atoms with Crippen LogP contribution < -0.4 is 10.6 Å². The van der Waals surface area contributed by atoms with E-state index >= 15 is 0 Å². The van der Waals surface area contributed by atoms with Crippen LogP contribution in [0, 0.1) is 0 Å². The van der Waals surface area contributed by atoms with Crippen molar-refractivity contribution in [3.8, 4) is 0 Å². The summed E-state index contributed by atoms with van der Waals surface area (Å²) in [5.41, 5.74) is 3.76. The molecule has 0 aliphatic carbocycles. The van der Waals surface area contributed by atoms with E-state index in [0.717, 1.165) is 36.6 Å². The van der Waals surface area contributed by atoms with Crippen LogP contribution in [0.1, 0.15) is 24.5 Å². The van der Waals surface area contributed by atoms with Crippen molar-refractivity contribution in [2.24, 2.45) is 0 Å². The molecular weight excluding hydrogens is 320 g/mol. The molecule has 122 valence electrons. The lowest BCUT2D eigenvalue weighted by atomic mass is 10.1. The van der Waals surface area contributed by atoms with Crippen LogP contribution in [0.4, 0.5) is 5.69 Å². The smallest absolute Gasteiger partial charge is 0.170 e. The van der Waals surface area contributed by atoms with E-state index < -0.39 is 0 Å². The van der Waals surface area contributed by atoms with Gasteiger partial charge in [0.25, 0.3) is 0 Å². The van der Waals surface area contributed by atoms with Gasteiger partial charge in [-0.25, -0.2) is 0 Å². The zero-order valence-electron chi connectivity index (χ0n) is 13.5. The Kier molecular flexibility index (Phi) is 7.98. The highest BCUT2D eigenvalue weighted by atomic mass is 32.2. The summed E-state index contributed by atoms with van der Waals surface area (Å²) in [6.45, 7) is 3.06. The van der Waals surface area contributed by atoms with Gasteiger partial charge in [0.05, 0.1) is 0 Å². The fraction of sp³-hybridized carbons (Fsp3) is 0.316. The van der Waals surface area contributed by atoms with Crippen molar-refractivity contribution in [3.05, 3.63) is 65.7 Å². The average Bonchev–Trinajstić information content (AvgIpc) is 2.59. The Bertz CT molecular complexity index is 582. The highest BCUT2D eigenvalue weighted by Gasteiger charge is 1.98. The Morgan fingerprint density at radius 2 is 1.74 bits per heavy atom. The number of thiocarbonyl (C=S) groups is 1. The maximum Gasteiger partial charge on any atom is 0.170 e. The van der Waals surface area contributed by atoms with Gasteiger partial charge in [0, 0.05) is 18.0 Å². The molecule has 2 aromatic carbocycles. The van der Waals surface area contributed by atoms with Crippen molar-refractivity contribution >= 4 is 34.8 Å². The van der Waals surface area contributed by atoms with Gasteiger partial charge >= 0.3 is 0 Å². The number of rotatable bonds is 8. The third-order valence-corrected chi connectivity index (χ3v) is 4.84. The molecule has 0 saturated heterocycles. The first-order chi connectivity index (χ1) is 11.3. The second kappa shape index (κ2) is 10.3. The Morgan fingerprint density at radius 1 is 1.00 bits per heavy atom. The van der Waals surface area contributed by atoms with Crippen LogP contribution >= 0.6 is 24.0 Å². The number of benzene rings is 2. The maximum atomic E-state index is 5.32. The molecule has 4 heteroatoms. The van der Waals surface area contributed by atoms with Crippen molar-refractivity contribution in [1.29, 1.82) is 0 Å². The Hall–Kier alpha value is -1.52. The van der Waals surface area contributed by atoms with Crippen LogP contribution in [-0.2, 0) is 12.2 Å². The normalized spacial score (nSPS) is 10.3. The van der Waals surface area contributed by atoms with E-state index in [4.69, 9.17) is 12.2 Å². The largest absolute Gasteiger partial charge is 0.362 e. The molecule has 0 radical (unpaired) electrons. The van der Waals surface area contributed by atoms with Gasteiger partial charge in [-0.05, 0) is 54.1 Å². The highest BCUT2D eigenvalue weighted by Crippen LogP contribution is 2.12. The maximum absolute atomic E-state index is 5.32. The van der Waals surface area contributed by atoms with Gasteiger partial charge in [0.15, 0.2) is 5.11 Å². The van der Waals surface area contributed by atoms with Gasteiger partial charge in [0.1, 0.15) is 0 Å². The van der Waals surface area contributed by atoms with Crippen molar-refractivity contribution in [1.82, 2.24) is 5.32 Å². The third kappa shape index (κ3) is 7.06. The minimum Gasteiger partial charge on any atom is -0.362 e. The molecule has 0 aliphatic heterocycles. The number of aryl methyl sites for hydroxylation is 1. The summed E-state index contributed by atoms with van der Waals surface area (Å²) < 4.78 is 0. The molecular formula is C19H24N2S2. The number of nitrogens with one attached hydrogen (secondary N) is 2. The van der Waals surface area contributed by atoms with E-state index in [1.165, 1.54) is 11.1 Å². The van der Waals surface area contributed by atoms with E-state index in [-0.39, 0.29) is 0 Å². The molecule has 0 amide bonds. The summed E-state index contributed by atoms with van der Waals surface area (Å²) in [7, 11) is 0. The lowest BCUT2D eigenvalue weighted by molar-refractivity contribution is 0.854. The fourth-order valence-electron chi connectivity index (χ4n) is 2.14. The summed E-state index contributed by atoms with van der Waals surface area (Å²) in [5.74, 6) is 2.21. The van der Waals surface area contributed by atoms with Crippen LogP contribution in [-0.4, -0.2) is 17.4 Å². The van der Waals surface area contributed by atoms with E-state index in [1.807, 2.05) is 11.8 Å². The predicted octanol–water partition coefficient (Wildman–Crippen LogP) is 4.86. The summed E-state index contributed by atoms with van der Waals surface area (Å²) >= 11 is 7.29. The molecule has 0 unspecified atom stereocenters. The molecule has 0 heterocycles. The highest BCUT2D eigenvalue weighted by molar-refractivity contribution is 7.98. The molecule has 0 spiro atoms. The quantitative estimate of drug-likeness (QED) is 0.527. The van der Waals surface area contributed by atoms with Gasteiger partial charge < -0.3 is 10.6 Å². The molecule has 2 rings (SSSR count). The Labute approximate surface area is 149 Å². The van der Waals surface area contributed by atoms with Crippen molar-refractivity contribution in [2.75, 3.05) is 17.6 Å². The van der Waals surface area contributed by atoms with Crippen molar-refractivity contribution < 1.29 is 0 Å². The number of anilines is 1. The van der Waals surface area contributed by atoms with E-state index in [2.05, 4.69) is 72.2 Å². The van der Waals surface area contributed by atoms with E-state index in [9.17, 15) is 0 Å². The topological polar surface area (TPSA) is 24.1 Å². The summed E-state index contributed by atoms with van der Waals surface area (Å²) in [4.78, 5) is 0. The van der Waals surface area contributed by atoms with Crippen LogP contribution in [0.15, 0.2) is 54.6 Å². The molecule has 0 saturated carbocycles. The molecule has 2 N–H and O–H groups in total. The molecule has 0 bridgehead atoms. The van der Waals surface area contributed by atoms with E-state index in [0.29, 0.717) is 5.11 Å². The molecule has 0 aliphatic rings. The van der Waals surface area contributed by atoms with Gasteiger partial charge in [-0.3, -0.25) is 0 Å². The second-order valence-electron chi connectivity index (χ2n) is 5.32. The van der Waals surface area contributed by atoms with Crippen LogP contribution in [0.5, 0.6) is 0 Å². The number of thioether (sulfide) groups is 1. The second-order valence-corrected chi connectivity index (χ2v) is 6.84. The predicted molar refractivity (Wildman–Crippen MR) is 107 cm³/mol. The first-order valence-electron chi connectivity index (χ1n) is 8.03. The lowest BCUT2D eigenvalue weighted by Crippen LogP contribution is -2.29. The molecule has 0 fully saturated rings. The standard InChI is InChI=1S/C19H24N2S2/c1-2-16-9-11-18(12-10-16)21-19(22)20-13-6-14-23-15-17-7-4-3-5-8-17/h3-5,7-12H,2,6,13-15H2,1H3,(H2,20,21,22). The molecule has 2 nitrogen and oxygen atoms in total. The Morgan fingerprint density at radius 3 is 2.43 bits per heavy atom. The minimum absolute atomic E-state index is 0.697. The third-order valence-electron chi connectivity index (χ3n) is 3.48. The lowest BCUT2D eigenvalue weighted by Gasteiger charge is -2.11. The van der Waals surface area contributed by atoms with Gasteiger partial charge in [0.2, 0.25) is 0 Å². The van der Waals surface area contributed by atoms with Crippen LogP contribution in [0.25, 0.3) is 0 Å². The van der Waals surface area contributed by atoms with E-state index in [1.54, 1.807) is 0 Å². The summed E-state index contributed by atoms with van der Waals surface area (Å²) in [5, 5.41) is 7.19. The fourth-order valence-corrected chi connectivity index (χ4v) is 3.28. The summed E-state index contributed by atoms with van der Waals surface area (Å²) in [6.07, 6.45) is 2.16. The van der Waals surface area contributed by atoms with Crippen LogP contribution in [0.2, 0.25) is 0 Å².